The molecule has 0 aliphatic heterocycles. The fraction of sp³-hybridized carbons (Fsp3) is 0.545. The minimum Gasteiger partial charge on any atom is -0.480 e. The number of rotatable bonds is 9. The van der Waals surface area contributed by atoms with E-state index in [9.17, 15) is 9.90 Å². The Bertz CT molecular complexity index is 837. The van der Waals surface area contributed by atoms with E-state index < -0.39 is 5.97 Å². The molecule has 2 aliphatic carbocycles. The Morgan fingerprint density at radius 3 is 2.75 bits per heavy atom. The van der Waals surface area contributed by atoms with Crippen molar-refractivity contribution in [2.45, 2.75) is 51.2 Å². The van der Waals surface area contributed by atoms with E-state index in [4.69, 9.17) is 0 Å². The first-order valence-electron chi connectivity index (χ1n) is 10.3. The van der Waals surface area contributed by atoms with Crippen molar-refractivity contribution in [2.24, 2.45) is 13.0 Å². The van der Waals surface area contributed by atoms with E-state index in [1.807, 2.05) is 17.9 Å². The van der Waals surface area contributed by atoms with Crippen molar-refractivity contribution in [3.8, 4) is 11.3 Å². The van der Waals surface area contributed by atoms with E-state index in [0.717, 1.165) is 37.5 Å². The average molecular weight is 383 g/mol. The Labute approximate surface area is 166 Å². The fourth-order valence-corrected chi connectivity index (χ4v) is 4.18. The fourth-order valence-electron chi connectivity index (χ4n) is 4.18. The maximum atomic E-state index is 11.2. The normalized spacial score (nSPS) is 21.7. The summed E-state index contributed by atoms with van der Waals surface area (Å²) in [6.45, 7) is 4.06. The van der Waals surface area contributed by atoms with Gasteiger partial charge in [-0.3, -0.25) is 14.4 Å². The van der Waals surface area contributed by atoms with Crippen molar-refractivity contribution in [3.05, 3.63) is 41.6 Å². The molecular formula is C22H30N4O2. The van der Waals surface area contributed by atoms with Crippen LogP contribution >= 0.6 is 0 Å². The third-order valence-electron chi connectivity index (χ3n) is 6.10. The van der Waals surface area contributed by atoms with Gasteiger partial charge in [0.05, 0.1) is 12.2 Å². The monoisotopic (exact) mass is 382 g/mol. The third-order valence-corrected chi connectivity index (χ3v) is 6.10. The number of carboxylic acid groups (broad SMARTS) is 1. The lowest BCUT2D eigenvalue weighted by Gasteiger charge is -2.43. The molecule has 6 nitrogen and oxygen atoms in total. The molecule has 1 aromatic carbocycles. The van der Waals surface area contributed by atoms with Crippen LogP contribution in [0, 0.1) is 12.8 Å². The first-order chi connectivity index (χ1) is 13.5. The molecule has 0 atom stereocenters. The number of hydrogen-bond acceptors (Lipinski definition) is 4. The molecule has 0 saturated heterocycles. The van der Waals surface area contributed by atoms with E-state index in [1.165, 1.54) is 29.5 Å². The van der Waals surface area contributed by atoms with Crippen LogP contribution in [0.5, 0.6) is 0 Å². The molecule has 1 aromatic heterocycles. The Hall–Kier alpha value is -2.18. The van der Waals surface area contributed by atoms with Crippen LogP contribution in [0.25, 0.3) is 11.3 Å². The Morgan fingerprint density at radius 2 is 2.11 bits per heavy atom. The number of aryl methyl sites for hydroxylation is 2. The maximum absolute atomic E-state index is 11.2. The number of benzene rings is 1. The molecule has 2 saturated carbocycles. The number of aliphatic carboxylic acids is 1. The topological polar surface area (TPSA) is 70.4 Å². The summed E-state index contributed by atoms with van der Waals surface area (Å²) >= 11 is 0. The van der Waals surface area contributed by atoms with Crippen molar-refractivity contribution in [3.63, 3.8) is 0 Å². The largest absolute Gasteiger partial charge is 0.480 e. The van der Waals surface area contributed by atoms with Gasteiger partial charge < -0.3 is 10.4 Å². The molecule has 0 unspecified atom stereocenters. The number of carboxylic acids is 1. The van der Waals surface area contributed by atoms with Crippen molar-refractivity contribution < 1.29 is 9.90 Å². The highest BCUT2D eigenvalue weighted by molar-refractivity contribution is 5.69. The summed E-state index contributed by atoms with van der Waals surface area (Å²) in [5, 5.41) is 17.2. The highest BCUT2D eigenvalue weighted by atomic mass is 16.4. The molecule has 150 valence electrons. The van der Waals surface area contributed by atoms with Gasteiger partial charge in [-0.2, -0.15) is 5.10 Å². The minimum atomic E-state index is -0.711. The van der Waals surface area contributed by atoms with Crippen LogP contribution < -0.4 is 5.32 Å². The summed E-state index contributed by atoms with van der Waals surface area (Å²) in [7, 11) is 1.97. The summed E-state index contributed by atoms with van der Waals surface area (Å²) < 4.78 is 1.92. The second-order valence-electron chi connectivity index (χ2n) is 8.47. The van der Waals surface area contributed by atoms with Gasteiger partial charge in [-0.25, -0.2) is 0 Å². The van der Waals surface area contributed by atoms with Crippen molar-refractivity contribution in [2.75, 3.05) is 13.1 Å². The van der Waals surface area contributed by atoms with Gasteiger partial charge in [0.2, 0.25) is 0 Å². The lowest BCUT2D eigenvalue weighted by molar-refractivity contribution is -0.139. The van der Waals surface area contributed by atoms with E-state index in [2.05, 4.69) is 46.5 Å². The number of carbonyl (C=O) groups is 1. The summed E-state index contributed by atoms with van der Waals surface area (Å²) in [5.41, 5.74) is 4.87. The van der Waals surface area contributed by atoms with Gasteiger partial charge in [-0.15, -0.1) is 0 Å². The first-order valence-corrected chi connectivity index (χ1v) is 10.3. The van der Waals surface area contributed by atoms with Gasteiger partial charge in [-0.1, -0.05) is 17.7 Å². The predicted molar refractivity (Wildman–Crippen MR) is 109 cm³/mol. The molecule has 2 N–H and O–H groups in total. The van der Waals surface area contributed by atoms with E-state index >= 15 is 0 Å². The van der Waals surface area contributed by atoms with Crippen LogP contribution in [0.4, 0.5) is 0 Å². The Balaban J connectivity index is 1.35. The van der Waals surface area contributed by atoms with E-state index in [-0.39, 0.29) is 6.54 Å². The minimum absolute atomic E-state index is 0.177. The smallest absolute Gasteiger partial charge is 0.317 e. The predicted octanol–water partition coefficient (Wildman–Crippen LogP) is 2.81. The molecule has 0 bridgehead atoms. The second-order valence-corrected chi connectivity index (χ2v) is 8.47. The Morgan fingerprint density at radius 1 is 1.32 bits per heavy atom. The van der Waals surface area contributed by atoms with Crippen molar-refractivity contribution >= 4 is 5.97 Å². The van der Waals surface area contributed by atoms with Crippen LogP contribution in [-0.4, -0.2) is 50.9 Å². The molecule has 2 aromatic rings. The van der Waals surface area contributed by atoms with Gasteiger partial charge in [0.25, 0.3) is 0 Å². The van der Waals surface area contributed by atoms with Gasteiger partial charge >= 0.3 is 5.97 Å². The van der Waals surface area contributed by atoms with Gasteiger partial charge in [-0.05, 0) is 56.2 Å². The molecule has 28 heavy (non-hydrogen) atoms. The second kappa shape index (κ2) is 8.05. The SMILES string of the molecule is Cc1ccc(CNC2CC(N(CC(=O)O)CC3CC3)C2)c(-c2ccnn2C)c1. The molecule has 1 heterocycles. The number of hydrogen-bond donors (Lipinski definition) is 2. The maximum Gasteiger partial charge on any atom is 0.317 e. The van der Waals surface area contributed by atoms with Crippen molar-refractivity contribution in [1.29, 1.82) is 0 Å². The summed E-state index contributed by atoms with van der Waals surface area (Å²) in [6.07, 6.45) is 6.42. The highest BCUT2D eigenvalue weighted by Crippen LogP contribution is 2.34. The van der Waals surface area contributed by atoms with Crippen LogP contribution in [0.1, 0.15) is 36.8 Å². The molecule has 2 aliphatic rings. The highest BCUT2D eigenvalue weighted by Gasteiger charge is 2.36. The lowest BCUT2D eigenvalue weighted by Crippen LogP contribution is -2.54. The van der Waals surface area contributed by atoms with Gasteiger partial charge in [0.15, 0.2) is 0 Å². The molecule has 4 rings (SSSR count). The summed E-state index contributed by atoms with van der Waals surface area (Å²) in [5.74, 6) is 0.0119. The number of nitrogens with one attached hydrogen (secondary N) is 1. The molecule has 0 spiro atoms. The quantitative estimate of drug-likeness (QED) is 0.698. The zero-order chi connectivity index (χ0) is 19.7. The van der Waals surface area contributed by atoms with E-state index in [0.29, 0.717) is 12.1 Å². The lowest BCUT2D eigenvalue weighted by atomic mass is 9.85. The van der Waals surface area contributed by atoms with Gasteiger partial charge in [0.1, 0.15) is 0 Å². The van der Waals surface area contributed by atoms with Crippen LogP contribution in [0.3, 0.4) is 0 Å². The summed E-state index contributed by atoms with van der Waals surface area (Å²) in [6, 6.07) is 9.50. The molecule has 2 fully saturated rings. The van der Waals surface area contributed by atoms with Crippen molar-refractivity contribution in [1.82, 2.24) is 20.0 Å². The molecule has 6 heteroatoms. The zero-order valence-corrected chi connectivity index (χ0v) is 16.8. The van der Waals surface area contributed by atoms with Crippen LogP contribution in [0.2, 0.25) is 0 Å². The Kier molecular flexibility index (Phi) is 5.51. The third kappa shape index (κ3) is 4.45. The number of nitrogens with zero attached hydrogens (tertiary/aromatic N) is 3. The average Bonchev–Trinajstić information content (AvgIpc) is 3.32. The number of aromatic nitrogens is 2. The molecule has 0 amide bonds. The van der Waals surface area contributed by atoms with Crippen LogP contribution in [-0.2, 0) is 18.4 Å². The standard InChI is InChI=1S/C22H30N4O2/c1-15-3-6-17(20(9-15)21-7-8-24-25(21)2)12-23-18-10-19(11-18)26(14-22(27)28)13-16-4-5-16/h3,6-9,16,18-19,23H,4-5,10-14H2,1-2H3,(H,27,28). The summed E-state index contributed by atoms with van der Waals surface area (Å²) in [4.78, 5) is 13.4. The first kappa shape index (κ1) is 19.2. The van der Waals surface area contributed by atoms with E-state index in [1.54, 1.807) is 0 Å². The van der Waals surface area contributed by atoms with Gasteiger partial charge in [0, 0.05) is 44.0 Å². The van der Waals surface area contributed by atoms with Crippen LogP contribution in [0.15, 0.2) is 30.5 Å². The zero-order valence-electron chi connectivity index (χ0n) is 16.8. The molecule has 0 radical (unpaired) electrons. The molecular weight excluding hydrogens is 352 g/mol.